The van der Waals surface area contributed by atoms with E-state index in [1.165, 1.54) is 19.2 Å². The highest BCUT2D eigenvalue weighted by atomic mass is 19.1. The maximum Gasteiger partial charge on any atom is 0.224 e. The number of amides is 1. The van der Waals surface area contributed by atoms with E-state index in [4.69, 9.17) is 10.5 Å². The van der Waals surface area contributed by atoms with E-state index in [1.807, 2.05) is 0 Å². The smallest absolute Gasteiger partial charge is 0.224 e. The van der Waals surface area contributed by atoms with Crippen LogP contribution in [-0.4, -0.2) is 19.6 Å². The molecule has 3 N–H and O–H groups in total. The number of hydrogen-bond acceptors (Lipinski definition) is 3. The summed E-state index contributed by atoms with van der Waals surface area (Å²) in [6, 6.07) is 4.57. The normalized spacial score (nSPS) is 12.0. The Bertz CT molecular complexity index is 396. The molecule has 4 nitrogen and oxygen atoms in total. The first kappa shape index (κ1) is 13.4. The molecular weight excluding hydrogens is 223 g/mol. The summed E-state index contributed by atoms with van der Waals surface area (Å²) in [7, 11) is 1.41. The van der Waals surface area contributed by atoms with Gasteiger partial charge in [0.2, 0.25) is 5.91 Å². The molecule has 0 aromatic heterocycles. The molecule has 1 atom stereocenters. The minimum Gasteiger partial charge on any atom is -0.494 e. The molecule has 0 aliphatic heterocycles. The lowest BCUT2D eigenvalue weighted by Gasteiger charge is -2.10. The van der Waals surface area contributed by atoms with Crippen LogP contribution >= 0.6 is 0 Å². The van der Waals surface area contributed by atoms with Crippen LogP contribution in [0.3, 0.4) is 0 Å². The second kappa shape index (κ2) is 6.20. The number of nitrogens with two attached hydrogens (primary N) is 1. The van der Waals surface area contributed by atoms with Gasteiger partial charge in [-0.2, -0.15) is 0 Å². The third-order valence-corrected chi connectivity index (χ3v) is 2.48. The predicted molar refractivity (Wildman–Crippen MR) is 63.0 cm³/mol. The van der Waals surface area contributed by atoms with Crippen LogP contribution in [-0.2, 0) is 11.3 Å². The summed E-state index contributed by atoms with van der Waals surface area (Å²) in [6.07, 6.45) is 0. The van der Waals surface area contributed by atoms with Gasteiger partial charge in [0.1, 0.15) is 0 Å². The molecule has 0 fully saturated rings. The van der Waals surface area contributed by atoms with E-state index < -0.39 is 5.82 Å². The van der Waals surface area contributed by atoms with Crippen LogP contribution in [0.2, 0.25) is 0 Å². The molecule has 17 heavy (non-hydrogen) atoms. The minimum absolute atomic E-state index is 0.135. The van der Waals surface area contributed by atoms with Gasteiger partial charge in [-0.25, -0.2) is 4.39 Å². The fourth-order valence-electron chi connectivity index (χ4n) is 1.29. The fraction of sp³-hybridized carbons (Fsp3) is 0.417. The van der Waals surface area contributed by atoms with Crippen LogP contribution in [0.15, 0.2) is 18.2 Å². The number of methoxy groups -OCH3 is 1. The largest absolute Gasteiger partial charge is 0.494 e. The summed E-state index contributed by atoms with van der Waals surface area (Å²) in [5, 5.41) is 2.69. The Kier molecular flexibility index (Phi) is 4.90. The predicted octanol–water partition coefficient (Wildman–Crippen LogP) is 1.05. The van der Waals surface area contributed by atoms with Crippen LogP contribution in [0.5, 0.6) is 5.75 Å². The van der Waals surface area contributed by atoms with Gasteiger partial charge < -0.3 is 15.8 Å². The topological polar surface area (TPSA) is 64.3 Å². The zero-order valence-electron chi connectivity index (χ0n) is 10.00. The maximum atomic E-state index is 13.3. The van der Waals surface area contributed by atoms with Crippen molar-refractivity contribution in [2.24, 2.45) is 11.7 Å². The second-order valence-electron chi connectivity index (χ2n) is 3.82. The SMILES string of the molecule is COc1ccc(CNC(=O)C(C)CN)cc1F. The van der Waals surface area contributed by atoms with Crippen molar-refractivity contribution in [2.75, 3.05) is 13.7 Å². The number of hydrogen-bond donors (Lipinski definition) is 2. The van der Waals surface area contributed by atoms with Crippen molar-refractivity contribution < 1.29 is 13.9 Å². The van der Waals surface area contributed by atoms with Crippen LogP contribution in [0.1, 0.15) is 12.5 Å². The molecule has 5 heteroatoms. The van der Waals surface area contributed by atoms with Crippen LogP contribution in [0.25, 0.3) is 0 Å². The van der Waals surface area contributed by atoms with Crippen molar-refractivity contribution >= 4 is 5.91 Å². The number of benzene rings is 1. The van der Waals surface area contributed by atoms with E-state index in [1.54, 1.807) is 13.0 Å². The quantitative estimate of drug-likeness (QED) is 0.808. The highest BCUT2D eigenvalue weighted by Crippen LogP contribution is 2.17. The van der Waals surface area contributed by atoms with E-state index in [-0.39, 0.29) is 24.1 Å². The Morgan fingerprint density at radius 1 is 1.59 bits per heavy atom. The molecule has 1 aromatic rings. The van der Waals surface area contributed by atoms with Crippen LogP contribution in [0, 0.1) is 11.7 Å². The van der Waals surface area contributed by atoms with Gasteiger partial charge in [0.05, 0.1) is 7.11 Å². The van der Waals surface area contributed by atoms with Gasteiger partial charge in [0.25, 0.3) is 0 Å². The monoisotopic (exact) mass is 240 g/mol. The van der Waals surface area contributed by atoms with Gasteiger partial charge in [0, 0.05) is 19.0 Å². The van der Waals surface area contributed by atoms with Crippen molar-refractivity contribution in [3.05, 3.63) is 29.6 Å². The molecule has 1 unspecified atom stereocenters. The molecule has 0 aliphatic carbocycles. The Labute approximate surface area is 100.0 Å². The van der Waals surface area contributed by atoms with Gasteiger partial charge in [-0.15, -0.1) is 0 Å². The van der Waals surface area contributed by atoms with E-state index >= 15 is 0 Å². The number of nitrogens with one attached hydrogen (secondary N) is 1. The number of carbonyl (C=O) groups is 1. The molecule has 1 rings (SSSR count). The standard InChI is InChI=1S/C12H17FN2O2/c1-8(6-14)12(16)15-7-9-3-4-11(17-2)10(13)5-9/h3-5,8H,6-7,14H2,1-2H3,(H,15,16). The van der Waals surface area contributed by atoms with E-state index in [9.17, 15) is 9.18 Å². The molecule has 0 heterocycles. The summed E-state index contributed by atoms with van der Waals surface area (Å²) in [5.74, 6) is -0.622. The number of halogens is 1. The average Bonchev–Trinajstić information content (AvgIpc) is 2.35. The summed E-state index contributed by atoms with van der Waals surface area (Å²) in [5.41, 5.74) is 6.05. The minimum atomic E-state index is -0.439. The van der Waals surface area contributed by atoms with Gasteiger partial charge in [-0.05, 0) is 17.7 Å². The molecule has 0 spiro atoms. The fourth-order valence-corrected chi connectivity index (χ4v) is 1.29. The van der Waals surface area contributed by atoms with Crippen molar-refractivity contribution in [3.8, 4) is 5.75 Å². The average molecular weight is 240 g/mol. The summed E-state index contributed by atoms with van der Waals surface area (Å²) >= 11 is 0. The van der Waals surface area contributed by atoms with Gasteiger partial charge in [-0.3, -0.25) is 4.79 Å². The zero-order chi connectivity index (χ0) is 12.8. The van der Waals surface area contributed by atoms with Crippen molar-refractivity contribution in [3.63, 3.8) is 0 Å². The molecule has 94 valence electrons. The van der Waals surface area contributed by atoms with Gasteiger partial charge >= 0.3 is 0 Å². The summed E-state index contributed by atoms with van der Waals surface area (Å²) in [4.78, 5) is 11.4. The molecule has 0 saturated carbocycles. The Morgan fingerprint density at radius 2 is 2.29 bits per heavy atom. The number of ether oxygens (including phenoxy) is 1. The lowest BCUT2D eigenvalue weighted by Crippen LogP contribution is -2.32. The number of rotatable bonds is 5. The lowest BCUT2D eigenvalue weighted by atomic mass is 10.1. The highest BCUT2D eigenvalue weighted by Gasteiger charge is 2.10. The maximum absolute atomic E-state index is 13.3. The second-order valence-corrected chi connectivity index (χ2v) is 3.82. The molecule has 0 bridgehead atoms. The van der Waals surface area contributed by atoms with E-state index in [0.29, 0.717) is 12.1 Å². The molecule has 0 aliphatic rings. The first-order chi connectivity index (χ1) is 8.08. The zero-order valence-corrected chi connectivity index (χ0v) is 10.00. The van der Waals surface area contributed by atoms with Crippen molar-refractivity contribution in [1.82, 2.24) is 5.32 Å². The van der Waals surface area contributed by atoms with Crippen molar-refractivity contribution in [2.45, 2.75) is 13.5 Å². The van der Waals surface area contributed by atoms with Crippen LogP contribution < -0.4 is 15.8 Å². The number of carbonyl (C=O) groups excluding carboxylic acids is 1. The molecular formula is C12H17FN2O2. The van der Waals surface area contributed by atoms with Gasteiger partial charge in [0.15, 0.2) is 11.6 Å². The van der Waals surface area contributed by atoms with Crippen LogP contribution in [0.4, 0.5) is 4.39 Å². The molecule has 0 radical (unpaired) electrons. The Morgan fingerprint density at radius 3 is 2.82 bits per heavy atom. The third kappa shape index (κ3) is 3.71. The first-order valence-corrected chi connectivity index (χ1v) is 5.38. The van der Waals surface area contributed by atoms with E-state index in [0.717, 1.165) is 0 Å². The molecule has 0 saturated heterocycles. The Hall–Kier alpha value is -1.62. The lowest BCUT2D eigenvalue weighted by molar-refractivity contribution is -0.124. The molecule has 1 amide bonds. The van der Waals surface area contributed by atoms with Crippen molar-refractivity contribution in [1.29, 1.82) is 0 Å². The summed E-state index contributed by atoms with van der Waals surface area (Å²) < 4.78 is 18.1. The third-order valence-electron chi connectivity index (χ3n) is 2.48. The summed E-state index contributed by atoms with van der Waals surface area (Å²) in [6.45, 7) is 2.32. The highest BCUT2D eigenvalue weighted by molar-refractivity contribution is 5.78. The Balaban J connectivity index is 2.58. The molecule has 1 aromatic carbocycles. The van der Waals surface area contributed by atoms with Gasteiger partial charge in [-0.1, -0.05) is 13.0 Å². The van der Waals surface area contributed by atoms with E-state index in [2.05, 4.69) is 5.32 Å². The first-order valence-electron chi connectivity index (χ1n) is 5.38.